The minimum absolute atomic E-state index is 0.0397. The van der Waals surface area contributed by atoms with Crippen LogP contribution < -0.4 is 11.5 Å². The van der Waals surface area contributed by atoms with Crippen molar-refractivity contribution in [2.75, 3.05) is 26.2 Å². The highest BCUT2D eigenvalue weighted by Crippen LogP contribution is 2.37. The number of carbonyl (C=O) groups excluding carboxylic acids is 3. The maximum Gasteiger partial charge on any atom is 0.490 e. The van der Waals surface area contributed by atoms with E-state index < -0.39 is 47.6 Å². The molecule has 1 fully saturated rings. The summed E-state index contributed by atoms with van der Waals surface area (Å²) in [6, 6.07) is 22.4. The summed E-state index contributed by atoms with van der Waals surface area (Å²) < 4.78 is 63.5. The fourth-order valence-electron chi connectivity index (χ4n) is 5.55. The topological polar surface area (TPSA) is 210 Å². The molecule has 4 aromatic rings. The number of amides is 4. The van der Waals surface area contributed by atoms with E-state index in [0.717, 1.165) is 21.8 Å². The van der Waals surface area contributed by atoms with Gasteiger partial charge in [-0.25, -0.2) is 14.4 Å². The number of carboxylic acid groups (broad SMARTS) is 2. The molecule has 2 aromatic carbocycles. The van der Waals surface area contributed by atoms with Gasteiger partial charge in [0.2, 0.25) is 11.8 Å². The van der Waals surface area contributed by atoms with Gasteiger partial charge < -0.3 is 21.7 Å². The molecule has 0 spiro atoms. The van der Waals surface area contributed by atoms with Gasteiger partial charge in [-0.2, -0.15) is 26.3 Å². The second-order valence-electron chi connectivity index (χ2n) is 12.2. The van der Waals surface area contributed by atoms with Gasteiger partial charge in [-0.1, -0.05) is 48.5 Å². The zero-order valence-electron chi connectivity index (χ0n) is 29.1. The second-order valence-corrected chi connectivity index (χ2v) is 12.2. The van der Waals surface area contributed by atoms with E-state index >= 15 is 0 Å². The number of alkyl halides is 6. The first-order valence-corrected chi connectivity index (χ1v) is 16.7. The van der Waals surface area contributed by atoms with Crippen LogP contribution in [0.2, 0.25) is 0 Å². The van der Waals surface area contributed by atoms with Crippen LogP contribution >= 0.6 is 0 Å². The highest BCUT2D eigenvalue weighted by atomic mass is 19.4. The molecule has 1 saturated heterocycles. The summed E-state index contributed by atoms with van der Waals surface area (Å²) in [7, 11) is 0. The minimum Gasteiger partial charge on any atom is -0.475 e. The third-order valence-electron chi connectivity index (χ3n) is 8.21. The summed E-state index contributed by atoms with van der Waals surface area (Å²) in [5, 5.41) is 16.2. The van der Waals surface area contributed by atoms with E-state index in [9.17, 15) is 40.7 Å². The van der Waals surface area contributed by atoms with E-state index in [2.05, 4.69) is 0 Å². The van der Waals surface area contributed by atoms with Crippen LogP contribution in [0.25, 0.3) is 21.8 Å². The normalized spacial score (nSPS) is 14.3. The van der Waals surface area contributed by atoms with E-state index in [1.807, 2.05) is 72.8 Å². The molecule has 13 nitrogen and oxygen atoms in total. The third kappa shape index (κ3) is 11.6. The van der Waals surface area contributed by atoms with Crippen molar-refractivity contribution in [1.82, 2.24) is 19.8 Å². The molecule has 0 bridgehead atoms. The fourth-order valence-corrected chi connectivity index (χ4v) is 5.55. The van der Waals surface area contributed by atoms with Crippen LogP contribution in [0.4, 0.5) is 31.1 Å². The fraction of sp³-hybridized carbons (Fsp3) is 0.361. The van der Waals surface area contributed by atoms with Crippen molar-refractivity contribution in [2.45, 2.75) is 50.9 Å². The molecule has 0 radical (unpaired) electrons. The van der Waals surface area contributed by atoms with E-state index in [1.165, 1.54) is 9.80 Å². The number of urea groups is 1. The molecule has 1 aliphatic rings. The number of pyridine rings is 2. The second kappa shape index (κ2) is 19.1. The number of fused-ring (bicyclic) bond motifs is 2. The predicted molar refractivity (Wildman–Crippen MR) is 186 cm³/mol. The molecule has 0 atom stereocenters. The lowest BCUT2D eigenvalue weighted by atomic mass is 9.74. The maximum atomic E-state index is 14.4. The maximum absolute atomic E-state index is 14.4. The highest BCUT2D eigenvalue weighted by molar-refractivity contribution is 6.19. The Morgan fingerprint density at radius 2 is 0.945 bits per heavy atom. The number of nitrogens with zero attached hydrogens (tertiary/aromatic N) is 4. The highest BCUT2D eigenvalue weighted by Gasteiger charge is 2.57. The predicted octanol–water partition coefficient (Wildman–Crippen LogP) is 5.09. The molecule has 4 amide bonds. The van der Waals surface area contributed by atoms with Crippen molar-refractivity contribution >= 4 is 51.6 Å². The van der Waals surface area contributed by atoms with Gasteiger partial charge in [-0.05, 0) is 63.0 Å². The standard InChI is InChI=1S/C32H36N6O3.2C2HF3O2/c33-17-5-7-19-37-29(39)32(30(40)38(31(37)41)20-8-6-18-34,21-25-15-13-23-9-1-3-11-27(23)35-25)22-26-16-14-24-10-2-4-12-28(24)36-26;2*3-2(4,5)1(6)7/h1-4,9-16H,5-8,17-22,33-34H2;2*(H,6,7). The van der Waals surface area contributed by atoms with Crippen LogP contribution in [0, 0.1) is 5.41 Å². The zero-order valence-corrected chi connectivity index (χ0v) is 29.1. The monoisotopic (exact) mass is 780 g/mol. The quantitative estimate of drug-likeness (QED) is 0.0845. The first-order valence-electron chi connectivity index (χ1n) is 16.7. The van der Waals surface area contributed by atoms with Gasteiger partial charge >= 0.3 is 30.3 Å². The van der Waals surface area contributed by atoms with Gasteiger partial charge in [0.1, 0.15) is 5.41 Å². The Bertz CT molecular complexity index is 1850. The summed E-state index contributed by atoms with van der Waals surface area (Å²) in [5.41, 5.74) is 12.6. The van der Waals surface area contributed by atoms with Gasteiger partial charge in [-0.3, -0.25) is 29.4 Å². The molecule has 1 aliphatic heterocycles. The van der Waals surface area contributed by atoms with Crippen LogP contribution in [0.1, 0.15) is 37.1 Å². The molecule has 0 aliphatic carbocycles. The Morgan fingerprint density at radius 1 is 0.600 bits per heavy atom. The molecule has 2 aromatic heterocycles. The number of halogens is 6. The molecule has 3 heterocycles. The van der Waals surface area contributed by atoms with E-state index in [0.29, 0.717) is 50.2 Å². The van der Waals surface area contributed by atoms with E-state index in [1.54, 1.807) is 0 Å². The van der Waals surface area contributed by atoms with Crippen LogP contribution in [0.5, 0.6) is 0 Å². The third-order valence-corrected chi connectivity index (χ3v) is 8.21. The van der Waals surface area contributed by atoms with Crippen LogP contribution in [-0.4, -0.2) is 98.3 Å². The summed E-state index contributed by atoms with van der Waals surface area (Å²) in [6.45, 7) is 1.27. The Kier molecular flexibility index (Phi) is 15.2. The average Bonchev–Trinajstić information content (AvgIpc) is 3.13. The molecule has 0 unspecified atom stereocenters. The number of carboxylic acids is 2. The first kappa shape index (κ1) is 43.7. The smallest absolute Gasteiger partial charge is 0.475 e. The number of unbranched alkanes of at least 4 members (excludes halogenated alkanes) is 2. The number of barbiturate groups is 1. The number of rotatable bonds is 12. The van der Waals surface area contributed by atoms with Crippen molar-refractivity contribution in [3.63, 3.8) is 0 Å². The first-order chi connectivity index (χ1) is 25.8. The largest absolute Gasteiger partial charge is 0.490 e. The van der Waals surface area contributed by atoms with Gasteiger partial charge in [-0.15, -0.1) is 0 Å². The molecular formula is C36H38F6N6O7. The number of para-hydroxylation sites is 2. The Labute approximate surface area is 309 Å². The van der Waals surface area contributed by atoms with Crippen molar-refractivity contribution in [1.29, 1.82) is 0 Å². The molecule has 19 heteroatoms. The SMILES string of the molecule is NCCCCN1C(=O)N(CCCCN)C(=O)C(Cc2ccc3ccccc3n2)(Cc2ccc3ccccc3n2)C1=O.O=C(O)C(F)(F)F.O=C(O)C(F)(F)F. The average molecular weight is 781 g/mol. The summed E-state index contributed by atoms with van der Waals surface area (Å²) >= 11 is 0. The van der Waals surface area contributed by atoms with E-state index in [-0.39, 0.29) is 25.9 Å². The number of imide groups is 2. The van der Waals surface area contributed by atoms with Crippen molar-refractivity contribution in [3.8, 4) is 0 Å². The lowest BCUT2D eigenvalue weighted by Gasteiger charge is -2.44. The lowest BCUT2D eigenvalue weighted by Crippen LogP contribution is -2.66. The summed E-state index contributed by atoms with van der Waals surface area (Å²) in [5.74, 6) is -6.53. The number of benzene rings is 2. The summed E-state index contributed by atoms with van der Waals surface area (Å²) in [4.78, 5) is 72.3. The van der Waals surface area contributed by atoms with Crippen molar-refractivity contribution in [2.24, 2.45) is 16.9 Å². The Hall–Kier alpha value is -5.69. The molecule has 55 heavy (non-hydrogen) atoms. The van der Waals surface area contributed by atoms with Crippen LogP contribution in [0.3, 0.4) is 0 Å². The number of aliphatic carboxylic acids is 2. The molecule has 296 valence electrons. The molecule has 6 N–H and O–H groups in total. The molecule has 5 rings (SSSR count). The number of hydrogen-bond acceptors (Lipinski definition) is 9. The van der Waals surface area contributed by atoms with Crippen molar-refractivity contribution in [3.05, 3.63) is 84.2 Å². The van der Waals surface area contributed by atoms with Crippen molar-refractivity contribution < 1.29 is 60.5 Å². The molecular weight excluding hydrogens is 742 g/mol. The number of hydrogen-bond donors (Lipinski definition) is 4. The van der Waals surface area contributed by atoms with Gasteiger partial charge in [0.05, 0.1) is 11.0 Å². The summed E-state index contributed by atoms with van der Waals surface area (Å²) in [6.07, 6.45) is -7.67. The van der Waals surface area contributed by atoms with E-state index in [4.69, 9.17) is 41.2 Å². The number of carbonyl (C=O) groups is 5. The van der Waals surface area contributed by atoms with Gasteiger partial charge in [0, 0.05) is 48.1 Å². The minimum atomic E-state index is -5.08. The van der Waals surface area contributed by atoms with Crippen LogP contribution in [0.15, 0.2) is 72.8 Å². The van der Waals surface area contributed by atoms with Gasteiger partial charge in [0.25, 0.3) is 0 Å². The zero-order chi connectivity index (χ0) is 41.0. The Balaban J connectivity index is 0.000000494. The number of aromatic nitrogens is 2. The Morgan fingerprint density at radius 3 is 1.27 bits per heavy atom. The molecule has 0 saturated carbocycles. The lowest BCUT2D eigenvalue weighted by molar-refractivity contribution is -0.193. The number of nitrogens with two attached hydrogens (primary N) is 2. The van der Waals surface area contributed by atoms with Crippen LogP contribution in [-0.2, 0) is 32.0 Å². The van der Waals surface area contributed by atoms with Gasteiger partial charge in [0.15, 0.2) is 0 Å².